The quantitative estimate of drug-likeness (QED) is 0.0311. The molecule has 0 unspecified atom stereocenters. The van der Waals surface area contributed by atoms with Gasteiger partial charge >= 0.3 is 6.01 Å². The van der Waals surface area contributed by atoms with Gasteiger partial charge in [0.2, 0.25) is 11.2 Å². The van der Waals surface area contributed by atoms with Gasteiger partial charge in [0.15, 0.2) is 51.4 Å². The van der Waals surface area contributed by atoms with E-state index in [2.05, 4.69) is 184 Å². The van der Waals surface area contributed by atoms with Crippen LogP contribution in [0.1, 0.15) is 59.9 Å². The number of hydrogen-bond donors (Lipinski definition) is 5. The van der Waals surface area contributed by atoms with Gasteiger partial charge in [-0.3, -0.25) is 0 Å². The first kappa shape index (κ1) is 56.1. The van der Waals surface area contributed by atoms with Crippen molar-refractivity contribution >= 4 is 114 Å². The Morgan fingerprint density at radius 1 is 0.613 bits per heavy atom. The van der Waals surface area contributed by atoms with E-state index < -0.39 is 0 Å². The highest BCUT2D eigenvalue weighted by Crippen LogP contribution is 2.24. The van der Waals surface area contributed by atoms with Gasteiger partial charge in [-0.15, -0.1) is 0 Å². The summed E-state index contributed by atoms with van der Waals surface area (Å²) in [6, 6.07) is 25.3. The summed E-state index contributed by atoms with van der Waals surface area (Å²) in [5.74, 6) is 3.10. The molecule has 1 aliphatic carbocycles. The highest BCUT2D eigenvalue weighted by atomic mass is 127. The van der Waals surface area contributed by atoms with Crippen LogP contribution in [0.4, 0.5) is 29.2 Å². The molecule has 3 aromatic carbocycles. The number of anilines is 5. The maximum Gasteiger partial charge on any atom is 0.320 e. The highest BCUT2D eigenvalue weighted by molar-refractivity contribution is 14.1. The number of fused-ring (bicyclic) bond motifs is 4. The second kappa shape index (κ2) is 26.3. The van der Waals surface area contributed by atoms with Gasteiger partial charge in [0.1, 0.15) is 22.9 Å². The fourth-order valence-electron chi connectivity index (χ4n) is 8.67. The number of nitrogens with two attached hydrogens (primary N) is 2. The minimum atomic E-state index is 0.216. The lowest BCUT2D eigenvalue weighted by atomic mass is 9.90. The van der Waals surface area contributed by atoms with Crippen molar-refractivity contribution in [3.63, 3.8) is 0 Å². The van der Waals surface area contributed by atoms with Gasteiger partial charge in [-0.25, -0.2) is 35.3 Å². The van der Waals surface area contributed by atoms with E-state index in [1.165, 1.54) is 63.5 Å². The van der Waals surface area contributed by atoms with Crippen LogP contribution in [-0.2, 0) is 47.7 Å². The summed E-state index contributed by atoms with van der Waals surface area (Å²) in [4.78, 5) is 50.8. The van der Waals surface area contributed by atoms with Crippen molar-refractivity contribution in [2.75, 3.05) is 34.1 Å². The van der Waals surface area contributed by atoms with E-state index in [-0.39, 0.29) is 11.3 Å². The highest BCUT2D eigenvalue weighted by Gasteiger charge is 2.15. The number of aryl methyl sites for hydroxylation is 6. The van der Waals surface area contributed by atoms with Crippen LogP contribution in [0.25, 0.3) is 44.7 Å². The number of hydrazone groups is 1. The molecule has 11 aromatic rings. The van der Waals surface area contributed by atoms with Crippen LogP contribution in [0, 0.1) is 23.3 Å². The monoisotopic (exact) mass is 1210 g/mol. The molecule has 0 spiro atoms. The van der Waals surface area contributed by atoms with E-state index in [0.29, 0.717) is 64.8 Å². The molecule has 0 radical (unpaired) electrons. The Balaban J connectivity index is 0.000000129. The maximum atomic E-state index is 5.96. The van der Waals surface area contributed by atoms with Crippen molar-refractivity contribution in [2.24, 2.45) is 39.2 Å². The van der Waals surface area contributed by atoms with Gasteiger partial charge in [0, 0.05) is 57.5 Å². The topological polar surface area (TPSA) is 284 Å². The van der Waals surface area contributed by atoms with E-state index in [1.54, 1.807) is 36.2 Å². The third-order valence-corrected chi connectivity index (χ3v) is 13.8. The lowest BCUT2D eigenvalue weighted by molar-refractivity contribution is 0.298. The summed E-state index contributed by atoms with van der Waals surface area (Å²) >= 11 is 8.26. The SMILES string of the molecule is Cc1ccc(CCOc2nc(N)c3ncn(C)c3n2)cc1.Cc1cccc(CNc2nc(Cl)nc3c2ncn3C)c1.Cn1cnc2c(N)nc(N/N=C/C3CCCCC3)nc21.Cn1cnc2c(NCc3cccc(I)c3)ncnc21. The number of hydrogen-bond acceptors (Lipinski definition) is 19. The molecule has 1 fully saturated rings. The number of halogens is 2. The van der Waals surface area contributed by atoms with Crippen molar-refractivity contribution in [1.29, 1.82) is 0 Å². The van der Waals surface area contributed by atoms with Crippen LogP contribution < -0.4 is 32.3 Å². The normalized spacial score (nSPS) is 12.4. The number of nitrogens with zero attached hydrogens (tertiary/aromatic N) is 17. The summed E-state index contributed by atoms with van der Waals surface area (Å²) in [6.07, 6.45) is 17.5. The summed E-state index contributed by atoms with van der Waals surface area (Å²) in [5.41, 5.74) is 26.4. The van der Waals surface area contributed by atoms with E-state index in [4.69, 9.17) is 27.8 Å². The van der Waals surface area contributed by atoms with Crippen LogP contribution in [0.5, 0.6) is 6.01 Å². The van der Waals surface area contributed by atoms with Crippen LogP contribution in [0.3, 0.4) is 0 Å². The lowest BCUT2D eigenvalue weighted by Gasteiger charge is -2.16. The number of nitrogen functional groups attached to an aromatic ring is 2. The predicted octanol–water partition coefficient (Wildman–Crippen LogP) is 9.32. The lowest BCUT2D eigenvalue weighted by Crippen LogP contribution is -2.09. The molecule has 80 heavy (non-hydrogen) atoms. The predicted molar refractivity (Wildman–Crippen MR) is 323 cm³/mol. The van der Waals surface area contributed by atoms with Gasteiger partial charge in [-0.05, 0) is 95.6 Å². The smallest absolute Gasteiger partial charge is 0.320 e. The molecule has 0 atom stereocenters. The fourth-order valence-corrected chi connectivity index (χ4v) is 9.44. The average Bonchev–Trinajstić information content (AvgIpc) is 4.28. The zero-order valence-corrected chi connectivity index (χ0v) is 48.2. The Bertz CT molecular complexity index is 3890. The minimum Gasteiger partial charge on any atom is -0.463 e. The van der Waals surface area contributed by atoms with E-state index in [9.17, 15) is 0 Å². The largest absolute Gasteiger partial charge is 0.463 e. The Hall–Kier alpha value is -8.65. The first-order valence-electron chi connectivity index (χ1n) is 25.9. The van der Waals surface area contributed by atoms with E-state index in [1.807, 2.05) is 54.2 Å². The molecule has 0 aliphatic heterocycles. The second-order valence-electron chi connectivity index (χ2n) is 19.2. The molecule has 0 amide bonds. The van der Waals surface area contributed by atoms with Gasteiger partial charge in [-0.1, -0.05) is 91.1 Å². The summed E-state index contributed by atoms with van der Waals surface area (Å²) in [6.45, 7) is 6.04. The molecule has 8 heterocycles. The molecule has 0 saturated heterocycles. The van der Waals surface area contributed by atoms with Crippen LogP contribution in [0.2, 0.25) is 5.28 Å². The number of rotatable bonds is 13. The zero-order valence-electron chi connectivity index (χ0n) is 45.3. The third-order valence-electron chi connectivity index (χ3n) is 12.9. The van der Waals surface area contributed by atoms with Gasteiger partial charge < -0.3 is 45.1 Å². The van der Waals surface area contributed by atoms with Crippen molar-refractivity contribution in [3.05, 3.63) is 141 Å². The Morgan fingerprint density at radius 3 is 1.88 bits per heavy atom. The van der Waals surface area contributed by atoms with Gasteiger partial charge in [0.05, 0.1) is 31.9 Å². The van der Waals surface area contributed by atoms with Crippen molar-refractivity contribution in [2.45, 2.75) is 65.5 Å². The summed E-state index contributed by atoms with van der Waals surface area (Å²) in [7, 11) is 7.53. The van der Waals surface area contributed by atoms with Crippen molar-refractivity contribution in [3.8, 4) is 6.01 Å². The standard InChI is InChI=1S/C15H17N5O.C14H14ClN5.C13H12IN5.C13H19N7/c1-10-3-5-11(6-4-10)7-8-21-15-18-13(16)12-14(19-15)20(2)9-17-12;1-9-4-3-5-10(6-9)7-16-12-11-13(19-14(15)18-12)20(2)8-17-11;1-19-8-18-11-12(16-7-17-13(11)19)15-6-9-3-2-4-10(14)5-9;1-20-8-15-10-11(14)17-13(18-12(10)20)19-16-7-9-5-3-2-4-6-9/h3-6,9H,7-8H2,1-2H3,(H2,16,18,19);3-6,8H,7H2,1-2H3,(H,16,18,19);2-5,7-8H,6H2,1H3,(H,15,16,17);7-9H,2-6H2,1H3,(H3,14,17,18,19)/b;;;16-7+. The second-order valence-corrected chi connectivity index (χ2v) is 20.8. The number of ether oxygens (including phenoxy) is 1. The minimum absolute atomic E-state index is 0.216. The third kappa shape index (κ3) is 14.5. The summed E-state index contributed by atoms with van der Waals surface area (Å²) in [5, 5.41) is 11.0. The van der Waals surface area contributed by atoms with Crippen LogP contribution in [-0.4, -0.2) is 90.9 Å². The van der Waals surface area contributed by atoms with Crippen molar-refractivity contribution < 1.29 is 4.74 Å². The van der Waals surface area contributed by atoms with E-state index >= 15 is 0 Å². The first-order valence-corrected chi connectivity index (χ1v) is 27.3. The first-order chi connectivity index (χ1) is 38.7. The number of nitrogens with one attached hydrogen (secondary N) is 3. The molecule has 7 N–H and O–H groups in total. The molecule has 1 aliphatic rings. The van der Waals surface area contributed by atoms with Crippen LogP contribution in [0.15, 0.2) is 110 Å². The molecular weight excluding hydrogens is 1150 g/mol. The summed E-state index contributed by atoms with van der Waals surface area (Å²) < 4.78 is 14.1. The fraction of sp³-hybridized carbons (Fsp3) is 0.291. The molecule has 0 bridgehead atoms. The molecule has 412 valence electrons. The van der Waals surface area contributed by atoms with Crippen LogP contribution >= 0.6 is 34.2 Å². The molecule has 23 nitrogen and oxygen atoms in total. The number of aromatic nitrogens is 16. The molecule has 12 rings (SSSR count). The Morgan fingerprint density at radius 2 is 1.20 bits per heavy atom. The molecule has 25 heteroatoms. The number of imidazole rings is 4. The average molecular weight is 1210 g/mol. The molecule has 1 saturated carbocycles. The van der Waals surface area contributed by atoms with Gasteiger partial charge in [0.25, 0.3) is 0 Å². The molecule has 8 aromatic heterocycles. The maximum absolute atomic E-state index is 5.96. The zero-order chi connectivity index (χ0) is 56.1. The Kier molecular flexibility index (Phi) is 18.5. The van der Waals surface area contributed by atoms with Gasteiger partial charge in [-0.2, -0.15) is 35.0 Å². The van der Waals surface area contributed by atoms with Crippen molar-refractivity contribution in [1.82, 2.24) is 78.1 Å². The Labute approximate surface area is 480 Å². The molecular formula is C55H62ClIN22O. The number of benzene rings is 3. The van der Waals surface area contributed by atoms with E-state index in [0.717, 1.165) is 41.1 Å².